The van der Waals surface area contributed by atoms with Gasteiger partial charge in [-0.15, -0.1) is 13.2 Å². The lowest BCUT2D eigenvalue weighted by Gasteiger charge is -2.13. The van der Waals surface area contributed by atoms with Gasteiger partial charge in [0.1, 0.15) is 5.75 Å². The second-order valence-corrected chi connectivity index (χ2v) is 3.10. The zero-order valence-electron chi connectivity index (χ0n) is 8.50. The van der Waals surface area contributed by atoms with E-state index in [1.54, 1.807) is 0 Å². The summed E-state index contributed by atoms with van der Waals surface area (Å²) < 4.78 is 64.3. The molecule has 0 aliphatic carbocycles. The number of hydrogen-bond acceptors (Lipinski definition) is 3. The van der Waals surface area contributed by atoms with Crippen molar-refractivity contribution in [3.63, 3.8) is 0 Å². The van der Waals surface area contributed by atoms with E-state index in [4.69, 9.17) is 0 Å². The van der Waals surface area contributed by atoms with Crippen LogP contribution in [0, 0.1) is 0 Å². The van der Waals surface area contributed by atoms with E-state index in [0.717, 1.165) is 0 Å². The molecule has 0 saturated carbocycles. The van der Waals surface area contributed by atoms with Gasteiger partial charge in [0.2, 0.25) is 0 Å². The van der Waals surface area contributed by atoms with E-state index in [1.807, 2.05) is 0 Å². The molecule has 1 aromatic rings. The summed E-state index contributed by atoms with van der Waals surface area (Å²) in [6, 6.07) is 0.939. The molecule has 0 atom stereocenters. The topological polar surface area (TPSA) is 43.4 Å². The van der Waals surface area contributed by atoms with Gasteiger partial charge in [0.05, 0.1) is 5.56 Å². The van der Waals surface area contributed by atoms with Gasteiger partial charge in [-0.2, -0.15) is 0 Å². The molecule has 0 amide bonds. The molecule has 0 radical (unpaired) electrons. The lowest BCUT2D eigenvalue weighted by Crippen LogP contribution is -2.18. The molecule has 0 saturated heterocycles. The Morgan fingerprint density at radius 1 is 1.06 bits per heavy atom. The molecule has 3 nitrogen and oxygen atoms in total. The molecule has 1 rings (SSSR count). The first kappa shape index (κ1) is 14.1. The fourth-order valence-corrected chi connectivity index (χ4v) is 1.23. The smallest absolute Gasteiger partial charge is 0.405 e. The van der Waals surface area contributed by atoms with E-state index < -0.39 is 35.2 Å². The Labute approximate surface area is 97.2 Å². The van der Waals surface area contributed by atoms with Crippen LogP contribution in [0.25, 0.3) is 0 Å². The predicted octanol–water partition coefficient (Wildman–Crippen LogP) is 3.15. The molecule has 1 aromatic carbocycles. The molecule has 0 heterocycles. The summed E-state index contributed by atoms with van der Waals surface area (Å²) in [7, 11) is 0. The molecule has 0 fully saturated rings. The van der Waals surface area contributed by atoms with Gasteiger partial charge >= 0.3 is 6.36 Å². The zero-order chi connectivity index (χ0) is 13.9. The Kier molecular flexibility index (Phi) is 4.00. The van der Waals surface area contributed by atoms with E-state index in [9.17, 15) is 31.5 Å². The fraction of sp³-hybridized carbons (Fsp3) is 0.200. The van der Waals surface area contributed by atoms with Crippen LogP contribution >= 0.6 is 0 Å². The van der Waals surface area contributed by atoms with Crippen LogP contribution in [0.1, 0.15) is 32.7 Å². The van der Waals surface area contributed by atoms with Gasteiger partial charge in [0, 0.05) is 11.1 Å². The molecule has 8 heteroatoms. The van der Waals surface area contributed by atoms with E-state index in [1.165, 1.54) is 0 Å². The summed E-state index contributed by atoms with van der Waals surface area (Å²) in [5.74, 6) is -0.996. The van der Waals surface area contributed by atoms with Crippen LogP contribution in [0.3, 0.4) is 0 Å². The number of alkyl halides is 5. The summed E-state index contributed by atoms with van der Waals surface area (Å²) in [6.45, 7) is 0. The van der Waals surface area contributed by atoms with Crippen molar-refractivity contribution in [3.05, 3.63) is 28.8 Å². The van der Waals surface area contributed by atoms with E-state index in [0.29, 0.717) is 12.1 Å². The molecular formula is C10H5F5O3. The maximum atomic E-state index is 12.5. The highest BCUT2D eigenvalue weighted by molar-refractivity contribution is 5.85. The number of carbonyl (C=O) groups excluding carboxylic acids is 2. The quantitative estimate of drug-likeness (QED) is 0.622. The van der Waals surface area contributed by atoms with Crippen molar-refractivity contribution in [1.29, 1.82) is 0 Å². The van der Waals surface area contributed by atoms with E-state index >= 15 is 0 Å². The first-order chi connectivity index (χ1) is 8.28. The van der Waals surface area contributed by atoms with Gasteiger partial charge in [0.25, 0.3) is 6.43 Å². The Morgan fingerprint density at radius 2 is 1.61 bits per heavy atom. The Morgan fingerprint density at radius 3 is 2.00 bits per heavy atom. The minimum atomic E-state index is -5.09. The molecule has 0 unspecified atom stereocenters. The molecule has 0 aliphatic rings. The van der Waals surface area contributed by atoms with Crippen molar-refractivity contribution in [2.24, 2.45) is 0 Å². The third-order valence-electron chi connectivity index (χ3n) is 1.93. The number of hydrogen-bond donors (Lipinski definition) is 0. The first-order valence-electron chi connectivity index (χ1n) is 4.40. The SMILES string of the molecule is O=Cc1cc(C(F)F)c(C=O)cc1OC(F)(F)F. The van der Waals surface area contributed by atoms with Gasteiger partial charge < -0.3 is 4.74 Å². The molecular weight excluding hydrogens is 263 g/mol. The van der Waals surface area contributed by atoms with Gasteiger partial charge in [-0.25, -0.2) is 8.78 Å². The monoisotopic (exact) mass is 268 g/mol. The third kappa shape index (κ3) is 3.25. The molecule has 0 spiro atoms. The Balaban J connectivity index is 3.35. The van der Waals surface area contributed by atoms with Crippen LogP contribution in [0.15, 0.2) is 12.1 Å². The average Bonchev–Trinajstić information content (AvgIpc) is 2.25. The van der Waals surface area contributed by atoms with Gasteiger partial charge in [-0.1, -0.05) is 0 Å². The lowest BCUT2D eigenvalue weighted by atomic mass is 10.0. The number of benzene rings is 1. The molecule has 0 aromatic heterocycles. The Bertz CT molecular complexity index is 467. The maximum absolute atomic E-state index is 12.5. The number of aldehydes is 2. The number of rotatable bonds is 4. The number of carbonyl (C=O) groups is 2. The van der Waals surface area contributed by atoms with Crippen LogP contribution in [0.5, 0.6) is 5.75 Å². The van der Waals surface area contributed by atoms with Crippen molar-refractivity contribution in [2.45, 2.75) is 12.8 Å². The predicted molar refractivity (Wildman–Crippen MR) is 48.9 cm³/mol. The van der Waals surface area contributed by atoms with Gasteiger partial charge in [-0.3, -0.25) is 9.59 Å². The lowest BCUT2D eigenvalue weighted by molar-refractivity contribution is -0.274. The molecule has 0 aliphatic heterocycles. The molecule has 0 bridgehead atoms. The highest BCUT2D eigenvalue weighted by Gasteiger charge is 2.32. The summed E-state index contributed by atoms with van der Waals surface area (Å²) in [4.78, 5) is 21.0. The third-order valence-corrected chi connectivity index (χ3v) is 1.93. The summed E-state index contributed by atoms with van der Waals surface area (Å²) in [5, 5.41) is 0. The van der Waals surface area contributed by atoms with Crippen molar-refractivity contribution in [2.75, 3.05) is 0 Å². The van der Waals surface area contributed by atoms with E-state index in [-0.39, 0.29) is 12.6 Å². The minimum absolute atomic E-state index is 0.0424. The second kappa shape index (κ2) is 5.11. The standard InChI is InChI=1S/C10H5F5O3/c11-9(12)7-1-6(4-17)8(2-5(7)3-16)18-10(13,14)15/h1-4,9H. The van der Waals surface area contributed by atoms with Crippen LogP contribution in [0.2, 0.25) is 0 Å². The van der Waals surface area contributed by atoms with Crippen LogP contribution in [0.4, 0.5) is 22.0 Å². The number of halogens is 5. The molecule has 0 N–H and O–H groups in total. The summed E-state index contributed by atoms with van der Waals surface area (Å²) >= 11 is 0. The first-order valence-corrected chi connectivity index (χ1v) is 4.40. The molecule has 18 heavy (non-hydrogen) atoms. The Hall–Kier alpha value is -1.99. The van der Waals surface area contributed by atoms with E-state index in [2.05, 4.69) is 4.74 Å². The highest BCUT2D eigenvalue weighted by Crippen LogP contribution is 2.31. The summed E-state index contributed by atoms with van der Waals surface area (Å²) in [6.07, 6.45) is -8.30. The fourth-order valence-electron chi connectivity index (χ4n) is 1.23. The van der Waals surface area contributed by atoms with Crippen molar-refractivity contribution >= 4 is 12.6 Å². The maximum Gasteiger partial charge on any atom is 0.573 e. The normalized spacial score (nSPS) is 11.4. The zero-order valence-corrected chi connectivity index (χ0v) is 8.50. The minimum Gasteiger partial charge on any atom is -0.405 e. The average molecular weight is 268 g/mol. The number of ether oxygens (including phenoxy) is 1. The second-order valence-electron chi connectivity index (χ2n) is 3.10. The molecule has 98 valence electrons. The van der Waals surface area contributed by atoms with Crippen LogP contribution in [-0.4, -0.2) is 18.9 Å². The van der Waals surface area contributed by atoms with Crippen molar-refractivity contribution < 1.29 is 36.3 Å². The van der Waals surface area contributed by atoms with Crippen LogP contribution < -0.4 is 4.74 Å². The van der Waals surface area contributed by atoms with Gasteiger partial charge in [0.15, 0.2) is 12.6 Å². The highest BCUT2D eigenvalue weighted by atomic mass is 19.4. The van der Waals surface area contributed by atoms with Crippen LogP contribution in [-0.2, 0) is 0 Å². The summed E-state index contributed by atoms with van der Waals surface area (Å²) in [5.41, 5.74) is -2.22. The van der Waals surface area contributed by atoms with Crippen molar-refractivity contribution in [1.82, 2.24) is 0 Å². The van der Waals surface area contributed by atoms with Gasteiger partial charge in [-0.05, 0) is 12.1 Å². The largest absolute Gasteiger partial charge is 0.573 e. The van der Waals surface area contributed by atoms with Crippen molar-refractivity contribution in [3.8, 4) is 5.75 Å².